The van der Waals surface area contributed by atoms with Gasteiger partial charge in [-0.3, -0.25) is 4.79 Å². The van der Waals surface area contributed by atoms with Gasteiger partial charge in [0.05, 0.1) is 18.6 Å². The number of ether oxygens (including phenoxy) is 1. The van der Waals surface area contributed by atoms with Crippen LogP contribution in [0.1, 0.15) is 18.1 Å². The first-order chi connectivity index (χ1) is 12.7. The van der Waals surface area contributed by atoms with Gasteiger partial charge in [0.1, 0.15) is 5.76 Å². The Morgan fingerprint density at radius 3 is 2.41 bits per heavy atom. The Hall–Kier alpha value is -2.96. The minimum absolute atomic E-state index is 0.322. The molecule has 3 rings (SSSR count). The van der Waals surface area contributed by atoms with Crippen LogP contribution in [0.4, 0.5) is 13.2 Å². The van der Waals surface area contributed by atoms with E-state index in [0.29, 0.717) is 34.5 Å². The molecule has 3 aromatic rings. The van der Waals surface area contributed by atoms with Crippen molar-refractivity contribution in [3.8, 4) is 17.1 Å². The number of furan rings is 1. The Labute approximate surface area is 153 Å². The Balaban J connectivity index is 2.00. The van der Waals surface area contributed by atoms with E-state index in [-0.39, 0.29) is 0 Å². The van der Waals surface area contributed by atoms with Crippen molar-refractivity contribution in [3.63, 3.8) is 0 Å². The smallest absolute Gasteiger partial charge is 0.416 e. The van der Waals surface area contributed by atoms with Crippen LogP contribution < -0.4 is 4.74 Å². The van der Waals surface area contributed by atoms with Crippen LogP contribution in [0.2, 0.25) is 0 Å². The Bertz CT molecular complexity index is 971. The second kappa shape index (κ2) is 6.98. The molecule has 0 bridgehead atoms. The molecule has 0 fully saturated rings. The summed E-state index contributed by atoms with van der Waals surface area (Å²) in [5.74, 6) is -0.612. The summed E-state index contributed by atoms with van der Waals surface area (Å²) in [6, 6.07) is 9.91. The first-order valence-electron chi connectivity index (χ1n) is 8.20. The quantitative estimate of drug-likeness (QED) is 0.647. The lowest BCUT2D eigenvalue weighted by molar-refractivity contribution is -0.141. The number of benzene rings is 2. The SMILES string of the molecule is COc1cc(CC(C)C(=O)O)cc2cc(-c3ccc(C(F)(F)F)cc3)oc12. The topological polar surface area (TPSA) is 59.7 Å². The van der Waals surface area contributed by atoms with E-state index in [9.17, 15) is 18.0 Å². The number of carbonyl (C=O) groups is 1. The molecule has 0 aliphatic carbocycles. The number of fused-ring (bicyclic) bond motifs is 1. The number of carboxylic acids is 1. The zero-order valence-electron chi connectivity index (χ0n) is 14.6. The zero-order valence-corrected chi connectivity index (χ0v) is 14.6. The van der Waals surface area contributed by atoms with Crippen molar-refractivity contribution in [1.29, 1.82) is 0 Å². The lowest BCUT2D eigenvalue weighted by atomic mass is 10.00. The van der Waals surface area contributed by atoms with Gasteiger partial charge in [0.25, 0.3) is 0 Å². The van der Waals surface area contributed by atoms with Gasteiger partial charge in [-0.2, -0.15) is 13.2 Å². The van der Waals surface area contributed by atoms with Crippen molar-refractivity contribution >= 4 is 16.9 Å². The van der Waals surface area contributed by atoms with Crippen LogP contribution in [0.25, 0.3) is 22.3 Å². The van der Waals surface area contributed by atoms with Crippen LogP contribution >= 0.6 is 0 Å². The summed E-state index contributed by atoms with van der Waals surface area (Å²) in [4.78, 5) is 11.1. The highest BCUT2D eigenvalue weighted by molar-refractivity contribution is 5.88. The molecule has 0 saturated carbocycles. The standard InChI is InChI=1S/C20H17F3O4/c1-11(19(24)25)7-12-8-14-10-16(27-18(14)17(9-12)26-2)13-3-5-15(6-4-13)20(21,22)23/h3-6,8-11H,7H2,1-2H3,(H,24,25). The summed E-state index contributed by atoms with van der Waals surface area (Å²) in [5, 5.41) is 9.78. The summed E-state index contributed by atoms with van der Waals surface area (Å²) in [6.45, 7) is 1.61. The van der Waals surface area contributed by atoms with Crippen LogP contribution in [0.15, 0.2) is 46.9 Å². The molecule has 7 heteroatoms. The normalized spacial score (nSPS) is 12.9. The van der Waals surface area contributed by atoms with E-state index in [1.807, 2.05) is 0 Å². The lowest BCUT2D eigenvalue weighted by Crippen LogP contribution is -2.12. The fraction of sp³-hybridized carbons (Fsp3) is 0.250. The fourth-order valence-electron chi connectivity index (χ4n) is 2.86. The van der Waals surface area contributed by atoms with Gasteiger partial charge in [0.15, 0.2) is 11.3 Å². The molecule has 1 N–H and O–H groups in total. The summed E-state index contributed by atoms with van der Waals surface area (Å²) in [6.07, 6.45) is -4.08. The van der Waals surface area contributed by atoms with Crippen LogP contribution in [0.3, 0.4) is 0 Å². The highest BCUT2D eigenvalue weighted by Crippen LogP contribution is 2.36. The third kappa shape index (κ3) is 3.92. The predicted molar refractivity (Wildman–Crippen MR) is 93.7 cm³/mol. The molecule has 1 atom stereocenters. The molecule has 1 unspecified atom stereocenters. The first-order valence-corrected chi connectivity index (χ1v) is 8.20. The fourth-order valence-corrected chi connectivity index (χ4v) is 2.86. The van der Waals surface area contributed by atoms with Gasteiger partial charge in [0, 0.05) is 10.9 Å². The molecular weight excluding hydrogens is 361 g/mol. The van der Waals surface area contributed by atoms with Crippen molar-refractivity contribution in [2.24, 2.45) is 5.92 Å². The number of rotatable bonds is 5. The number of alkyl halides is 3. The Morgan fingerprint density at radius 1 is 1.19 bits per heavy atom. The molecule has 4 nitrogen and oxygen atoms in total. The molecule has 0 amide bonds. The predicted octanol–water partition coefficient (Wildman–Crippen LogP) is 5.39. The van der Waals surface area contributed by atoms with E-state index in [0.717, 1.165) is 17.7 Å². The van der Waals surface area contributed by atoms with Gasteiger partial charge in [-0.25, -0.2) is 0 Å². The van der Waals surface area contributed by atoms with E-state index < -0.39 is 23.6 Å². The van der Waals surface area contributed by atoms with Gasteiger partial charge in [-0.15, -0.1) is 0 Å². The molecular formula is C20H17F3O4. The largest absolute Gasteiger partial charge is 0.493 e. The summed E-state index contributed by atoms with van der Waals surface area (Å²) in [5.41, 5.74) is 1.000. The van der Waals surface area contributed by atoms with Gasteiger partial charge >= 0.3 is 12.1 Å². The first kappa shape index (κ1) is 18.8. The highest BCUT2D eigenvalue weighted by Gasteiger charge is 2.30. The monoisotopic (exact) mass is 378 g/mol. The number of aliphatic carboxylic acids is 1. The molecule has 1 aromatic heterocycles. The van der Waals surface area contributed by atoms with Gasteiger partial charge < -0.3 is 14.3 Å². The lowest BCUT2D eigenvalue weighted by Gasteiger charge is -2.08. The second-order valence-corrected chi connectivity index (χ2v) is 6.35. The molecule has 1 heterocycles. The number of halogens is 3. The van der Waals surface area contributed by atoms with Crippen LogP contribution in [0, 0.1) is 5.92 Å². The average Bonchev–Trinajstić information content (AvgIpc) is 3.04. The minimum Gasteiger partial charge on any atom is -0.493 e. The number of methoxy groups -OCH3 is 1. The van der Waals surface area contributed by atoms with E-state index in [1.54, 1.807) is 25.1 Å². The summed E-state index contributed by atoms with van der Waals surface area (Å²) < 4.78 is 49.3. The van der Waals surface area contributed by atoms with E-state index >= 15 is 0 Å². The number of carboxylic acid groups (broad SMARTS) is 1. The maximum Gasteiger partial charge on any atom is 0.416 e. The Kier molecular flexibility index (Phi) is 4.87. The third-order valence-electron chi connectivity index (χ3n) is 4.32. The van der Waals surface area contributed by atoms with E-state index in [4.69, 9.17) is 14.3 Å². The summed E-state index contributed by atoms with van der Waals surface area (Å²) in [7, 11) is 1.47. The van der Waals surface area contributed by atoms with E-state index in [1.165, 1.54) is 19.2 Å². The highest BCUT2D eigenvalue weighted by atomic mass is 19.4. The molecule has 0 radical (unpaired) electrons. The number of hydrogen-bond acceptors (Lipinski definition) is 3. The molecule has 27 heavy (non-hydrogen) atoms. The van der Waals surface area contributed by atoms with Gasteiger partial charge in [-0.1, -0.05) is 19.1 Å². The maximum atomic E-state index is 12.7. The van der Waals surface area contributed by atoms with Crippen molar-refractivity contribution in [2.45, 2.75) is 19.5 Å². The van der Waals surface area contributed by atoms with E-state index in [2.05, 4.69) is 0 Å². The van der Waals surface area contributed by atoms with Crippen molar-refractivity contribution < 1.29 is 32.2 Å². The zero-order chi connectivity index (χ0) is 19.8. The van der Waals surface area contributed by atoms with Crippen molar-refractivity contribution in [1.82, 2.24) is 0 Å². The number of hydrogen-bond donors (Lipinski definition) is 1. The van der Waals surface area contributed by atoms with Crippen LogP contribution in [-0.2, 0) is 17.4 Å². The van der Waals surface area contributed by atoms with Gasteiger partial charge in [-0.05, 0) is 42.3 Å². The molecule has 142 valence electrons. The molecule has 0 aliphatic rings. The Morgan fingerprint density at radius 2 is 1.85 bits per heavy atom. The minimum atomic E-state index is -4.40. The molecule has 0 saturated heterocycles. The summed E-state index contributed by atoms with van der Waals surface area (Å²) >= 11 is 0. The second-order valence-electron chi connectivity index (χ2n) is 6.35. The van der Waals surface area contributed by atoms with Crippen molar-refractivity contribution in [2.75, 3.05) is 7.11 Å². The average molecular weight is 378 g/mol. The molecule has 2 aromatic carbocycles. The third-order valence-corrected chi connectivity index (χ3v) is 4.32. The van der Waals surface area contributed by atoms with Crippen LogP contribution in [0.5, 0.6) is 5.75 Å². The molecule has 0 aliphatic heterocycles. The maximum absolute atomic E-state index is 12.7. The van der Waals surface area contributed by atoms with Gasteiger partial charge in [0.2, 0.25) is 0 Å². The van der Waals surface area contributed by atoms with Crippen LogP contribution in [-0.4, -0.2) is 18.2 Å². The van der Waals surface area contributed by atoms with Crippen molar-refractivity contribution in [3.05, 3.63) is 53.6 Å². The molecule has 0 spiro atoms.